The molecule has 10 aromatic rings. The van der Waals surface area contributed by atoms with E-state index in [1.165, 1.54) is 115 Å². The number of hydrogen-bond donors (Lipinski definition) is 0. The van der Waals surface area contributed by atoms with Crippen molar-refractivity contribution in [3.05, 3.63) is 168 Å². The average molecular weight is 677 g/mol. The van der Waals surface area contributed by atoms with Crippen molar-refractivity contribution < 1.29 is 0 Å². The molecule has 11 rings (SSSR count). The molecule has 0 atom stereocenters. The van der Waals surface area contributed by atoms with E-state index >= 15 is 0 Å². The van der Waals surface area contributed by atoms with Crippen molar-refractivity contribution in [2.75, 3.05) is 0 Å². The van der Waals surface area contributed by atoms with Gasteiger partial charge in [0.2, 0.25) is 0 Å². The van der Waals surface area contributed by atoms with Crippen LogP contribution in [0.5, 0.6) is 0 Å². The topological polar surface area (TPSA) is 0 Å². The fourth-order valence-corrected chi connectivity index (χ4v) is 9.53. The summed E-state index contributed by atoms with van der Waals surface area (Å²) < 4.78 is 0. The van der Waals surface area contributed by atoms with Gasteiger partial charge in [0.25, 0.3) is 0 Å². The monoisotopic (exact) mass is 676 g/mol. The standard InChI is InChI=1S/C53H40/c1-52(2,3)41-26-39-19-12-32-20-22-42(44-23-21-40(27-41)50(39)51(32)44)37-18-16-33-24-34(14-15-35(33)25-37)36-13-10-31-11-17-38-29-47-43-8-6-7-9-48(43)53(4,5)49(47)30-46(38)45(31)28-36/h6-30H,1-5H3. The zero-order valence-electron chi connectivity index (χ0n) is 30.9. The molecule has 0 saturated heterocycles. The van der Waals surface area contributed by atoms with Gasteiger partial charge < -0.3 is 0 Å². The molecule has 0 heterocycles. The highest BCUT2D eigenvalue weighted by Gasteiger charge is 2.35. The Morgan fingerprint density at radius 3 is 1.74 bits per heavy atom. The average Bonchev–Trinajstić information content (AvgIpc) is 3.40. The smallest absolute Gasteiger partial charge is 0.0159 e. The maximum atomic E-state index is 2.47. The van der Waals surface area contributed by atoms with Crippen molar-refractivity contribution in [2.24, 2.45) is 0 Å². The van der Waals surface area contributed by atoms with Crippen LogP contribution in [0, 0.1) is 0 Å². The van der Waals surface area contributed by atoms with Crippen LogP contribution in [-0.2, 0) is 10.8 Å². The minimum absolute atomic E-state index is 0.0230. The molecule has 0 unspecified atom stereocenters. The molecule has 0 aliphatic heterocycles. The van der Waals surface area contributed by atoms with Crippen LogP contribution < -0.4 is 0 Å². The summed E-state index contributed by atoms with van der Waals surface area (Å²) >= 11 is 0. The van der Waals surface area contributed by atoms with Crippen LogP contribution in [0.3, 0.4) is 0 Å². The molecule has 1 aliphatic carbocycles. The second-order valence-corrected chi connectivity index (χ2v) is 17.0. The Kier molecular flexibility index (Phi) is 6.10. The largest absolute Gasteiger partial charge is 0.0619 e. The number of rotatable bonds is 2. The zero-order valence-corrected chi connectivity index (χ0v) is 30.9. The number of hydrogen-bond acceptors (Lipinski definition) is 0. The van der Waals surface area contributed by atoms with Crippen molar-refractivity contribution >= 4 is 64.6 Å². The molecule has 1 aliphatic rings. The van der Waals surface area contributed by atoms with Gasteiger partial charge in [0.05, 0.1) is 0 Å². The lowest BCUT2D eigenvalue weighted by atomic mass is 9.81. The van der Waals surface area contributed by atoms with Gasteiger partial charge in [-0.05, 0) is 150 Å². The van der Waals surface area contributed by atoms with Gasteiger partial charge in [0.1, 0.15) is 0 Å². The van der Waals surface area contributed by atoms with Gasteiger partial charge in [-0.3, -0.25) is 0 Å². The van der Waals surface area contributed by atoms with Crippen molar-refractivity contribution in [1.82, 2.24) is 0 Å². The van der Waals surface area contributed by atoms with Gasteiger partial charge >= 0.3 is 0 Å². The van der Waals surface area contributed by atoms with E-state index in [2.05, 4.69) is 186 Å². The molecule has 0 aromatic heterocycles. The highest BCUT2D eigenvalue weighted by molar-refractivity contribution is 6.25. The molecule has 0 N–H and O–H groups in total. The summed E-state index contributed by atoms with van der Waals surface area (Å²) in [6.45, 7) is 11.6. The van der Waals surface area contributed by atoms with E-state index in [9.17, 15) is 0 Å². The maximum Gasteiger partial charge on any atom is 0.0159 e. The molecule has 0 heteroatoms. The van der Waals surface area contributed by atoms with Crippen LogP contribution in [-0.4, -0.2) is 0 Å². The third kappa shape index (κ3) is 4.42. The van der Waals surface area contributed by atoms with E-state index in [1.54, 1.807) is 0 Å². The van der Waals surface area contributed by atoms with Crippen molar-refractivity contribution in [3.63, 3.8) is 0 Å². The quantitative estimate of drug-likeness (QED) is 0.160. The van der Waals surface area contributed by atoms with Crippen LogP contribution in [0.1, 0.15) is 51.3 Å². The summed E-state index contributed by atoms with van der Waals surface area (Å²) in [4.78, 5) is 0. The lowest BCUT2D eigenvalue weighted by molar-refractivity contribution is 0.591. The first kappa shape index (κ1) is 30.6. The molecule has 0 bridgehead atoms. The predicted molar refractivity (Wildman–Crippen MR) is 230 cm³/mol. The Bertz CT molecular complexity index is 3150. The van der Waals surface area contributed by atoms with Gasteiger partial charge in [-0.25, -0.2) is 0 Å². The molecular weight excluding hydrogens is 637 g/mol. The number of benzene rings is 10. The summed E-state index contributed by atoms with van der Waals surface area (Å²) in [7, 11) is 0. The molecule has 0 saturated carbocycles. The Hall–Kier alpha value is -5.98. The second-order valence-electron chi connectivity index (χ2n) is 17.0. The van der Waals surface area contributed by atoms with E-state index in [0.29, 0.717) is 0 Å². The molecule has 0 fully saturated rings. The second kappa shape index (κ2) is 10.6. The van der Waals surface area contributed by atoms with Gasteiger partial charge in [-0.15, -0.1) is 0 Å². The molecular formula is C53H40. The Labute approximate surface area is 310 Å². The number of fused-ring (bicyclic) bond motifs is 7. The maximum absolute atomic E-state index is 2.47. The molecule has 252 valence electrons. The van der Waals surface area contributed by atoms with Crippen LogP contribution in [0.15, 0.2) is 152 Å². The Morgan fingerprint density at radius 2 is 0.943 bits per heavy atom. The lowest BCUT2D eigenvalue weighted by Crippen LogP contribution is -2.14. The summed E-state index contributed by atoms with van der Waals surface area (Å²) in [5.41, 5.74) is 12.1. The molecule has 10 aromatic carbocycles. The van der Waals surface area contributed by atoms with E-state index in [-0.39, 0.29) is 10.8 Å². The minimum Gasteiger partial charge on any atom is -0.0619 e. The van der Waals surface area contributed by atoms with Gasteiger partial charge in [0, 0.05) is 5.41 Å². The molecule has 0 spiro atoms. The fourth-order valence-electron chi connectivity index (χ4n) is 9.53. The first-order valence-corrected chi connectivity index (χ1v) is 19.0. The summed E-state index contributed by atoms with van der Waals surface area (Å²) in [5, 5.41) is 15.8. The highest BCUT2D eigenvalue weighted by Crippen LogP contribution is 2.50. The molecule has 0 radical (unpaired) electrons. The summed E-state index contributed by atoms with van der Waals surface area (Å²) in [5.74, 6) is 0. The Balaban J connectivity index is 1.00. The van der Waals surface area contributed by atoms with Crippen LogP contribution in [0.25, 0.3) is 98.0 Å². The van der Waals surface area contributed by atoms with Crippen molar-refractivity contribution in [1.29, 1.82) is 0 Å². The van der Waals surface area contributed by atoms with Crippen LogP contribution >= 0.6 is 0 Å². The van der Waals surface area contributed by atoms with Crippen LogP contribution in [0.4, 0.5) is 0 Å². The van der Waals surface area contributed by atoms with Crippen molar-refractivity contribution in [3.8, 4) is 33.4 Å². The van der Waals surface area contributed by atoms with E-state index in [4.69, 9.17) is 0 Å². The summed E-state index contributed by atoms with van der Waals surface area (Å²) in [6, 6.07) is 58.0. The van der Waals surface area contributed by atoms with Gasteiger partial charge in [0.15, 0.2) is 0 Å². The van der Waals surface area contributed by atoms with Crippen molar-refractivity contribution in [2.45, 2.75) is 45.4 Å². The minimum atomic E-state index is -0.0230. The zero-order chi connectivity index (χ0) is 35.8. The van der Waals surface area contributed by atoms with Gasteiger partial charge in [-0.1, -0.05) is 156 Å². The fraction of sp³-hybridized carbons (Fsp3) is 0.132. The normalized spacial score (nSPS) is 13.9. The first-order chi connectivity index (χ1) is 25.6. The third-order valence-electron chi connectivity index (χ3n) is 12.5. The third-order valence-corrected chi connectivity index (χ3v) is 12.5. The molecule has 0 amide bonds. The highest BCUT2D eigenvalue weighted by atomic mass is 14.4. The van der Waals surface area contributed by atoms with E-state index in [0.717, 1.165) is 0 Å². The predicted octanol–water partition coefficient (Wildman–Crippen LogP) is 15.0. The van der Waals surface area contributed by atoms with E-state index in [1.807, 2.05) is 0 Å². The molecule has 0 nitrogen and oxygen atoms in total. The van der Waals surface area contributed by atoms with Crippen LogP contribution in [0.2, 0.25) is 0 Å². The van der Waals surface area contributed by atoms with Gasteiger partial charge in [-0.2, -0.15) is 0 Å². The molecule has 53 heavy (non-hydrogen) atoms. The van der Waals surface area contributed by atoms with E-state index < -0.39 is 0 Å². The Morgan fingerprint density at radius 1 is 0.358 bits per heavy atom. The SMILES string of the molecule is CC(C)(C)c1cc2ccc3ccc(-c4ccc5cc(-c6ccc7ccc8cc9c(cc8c7c6)C(C)(C)c6ccccc6-9)ccc5c4)c4ccc(c1)c2c34. The lowest BCUT2D eigenvalue weighted by Gasteiger charge is -2.22. The first-order valence-electron chi connectivity index (χ1n) is 19.0. The summed E-state index contributed by atoms with van der Waals surface area (Å²) in [6.07, 6.45) is 0.